The van der Waals surface area contributed by atoms with Crippen LogP contribution in [0.25, 0.3) is 0 Å². The standard InChI is InChI=1S/C16H19NO3/c1-4-14(18)12-6-10(12)11-7-15-9(5-13(11)17-19)8-16(2,3)20-15/h5,7,10,12H,4,6,8H2,1-3H3. The number of fused-ring (bicyclic) bond motifs is 1. The summed E-state index contributed by atoms with van der Waals surface area (Å²) in [7, 11) is 0. The van der Waals surface area contributed by atoms with Crippen molar-refractivity contribution in [3.05, 3.63) is 28.2 Å². The van der Waals surface area contributed by atoms with Crippen LogP contribution in [0.3, 0.4) is 0 Å². The number of ether oxygens (including phenoxy) is 1. The highest BCUT2D eigenvalue weighted by atomic mass is 16.5. The number of rotatable bonds is 4. The fourth-order valence-corrected chi connectivity index (χ4v) is 3.19. The molecule has 1 aromatic rings. The average molecular weight is 273 g/mol. The molecule has 1 aromatic carbocycles. The smallest absolute Gasteiger partial charge is 0.136 e. The van der Waals surface area contributed by atoms with E-state index in [1.165, 1.54) is 0 Å². The van der Waals surface area contributed by atoms with E-state index in [9.17, 15) is 9.70 Å². The average Bonchev–Trinajstić information content (AvgIpc) is 3.13. The van der Waals surface area contributed by atoms with Crippen LogP contribution in [0.1, 0.15) is 50.7 Å². The molecule has 106 valence electrons. The molecule has 0 saturated heterocycles. The highest BCUT2D eigenvalue weighted by molar-refractivity contribution is 5.85. The largest absolute Gasteiger partial charge is 0.487 e. The molecule has 4 nitrogen and oxygen atoms in total. The van der Waals surface area contributed by atoms with Gasteiger partial charge in [0, 0.05) is 24.3 Å². The third kappa shape index (κ3) is 2.13. The van der Waals surface area contributed by atoms with E-state index >= 15 is 0 Å². The van der Waals surface area contributed by atoms with E-state index in [1.807, 2.05) is 32.9 Å². The van der Waals surface area contributed by atoms with Gasteiger partial charge < -0.3 is 4.74 Å². The van der Waals surface area contributed by atoms with E-state index in [0.29, 0.717) is 12.1 Å². The Bertz CT molecular complexity index is 592. The number of nitrogens with zero attached hydrogens (tertiary/aromatic N) is 1. The van der Waals surface area contributed by atoms with Gasteiger partial charge in [0.15, 0.2) is 0 Å². The molecule has 2 atom stereocenters. The van der Waals surface area contributed by atoms with Crippen molar-refractivity contribution in [1.29, 1.82) is 0 Å². The number of ketones is 1. The Morgan fingerprint density at radius 3 is 2.85 bits per heavy atom. The first kappa shape index (κ1) is 13.3. The fourth-order valence-electron chi connectivity index (χ4n) is 3.19. The molecule has 1 aliphatic carbocycles. The lowest BCUT2D eigenvalue weighted by molar-refractivity contribution is -0.120. The topological polar surface area (TPSA) is 55.7 Å². The summed E-state index contributed by atoms with van der Waals surface area (Å²) < 4.78 is 5.91. The van der Waals surface area contributed by atoms with Gasteiger partial charge in [0.25, 0.3) is 0 Å². The number of hydrogen-bond acceptors (Lipinski definition) is 4. The number of carbonyl (C=O) groups excluding carboxylic acids is 1. The lowest BCUT2D eigenvalue weighted by Gasteiger charge is -2.17. The third-order valence-corrected chi connectivity index (χ3v) is 4.26. The quantitative estimate of drug-likeness (QED) is 0.782. The van der Waals surface area contributed by atoms with Crippen molar-refractivity contribution in [1.82, 2.24) is 0 Å². The van der Waals surface area contributed by atoms with Gasteiger partial charge in [-0.2, -0.15) is 0 Å². The predicted octanol–water partition coefficient (Wildman–Crippen LogP) is 3.88. The predicted molar refractivity (Wildman–Crippen MR) is 76.5 cm³/mol. The van der Waals surface area contributed by atoms with Gasteiger partial charge in [-0.15, -0.1) is 4.91 Å². The minimum atomic E-state index is -0.233. The maximum atomic E-state index is 11.8. The summed E-state index contributed by atoms with van der Waals surface area (Å²) in [5.74, 6) is 1.32. The third-order valence-electron chi connectivity index (χ3n) is 4.26. The lowest BCUT2D eigenvalue weighted by Crippen LogP contribution is -2.24. The Morgan fingerprint density at radius 1 is 1.45 bits per heavy atom. The van der Waals surface area contributed by atoms with Crippen molar-refractivity contribution in [2.75, 3.05) is 0 Å². The summed E-state index contributed by atoms with van der Waals surface area (Å²) in [6.45, 7) is 5.94. The van der Waals surface area contributed by atoms with E-state index in [2.05, 4.69) is 5.18 Å². The summed E-state index contributed by atoms with van der Waals surface area (Å²) in [6.07, 6.45) is 2.17. The Kier molecular flexibility index (Phi) is 2.92. The van der Waals surface area contributed by atoms with Crippen molar-refractivity contribution in [2.45, 2.75) is 51.6 Å². The van der Waals surface area contributed by atoms with Gasteiger partial charge in [-0.05, 0) is 49.1 Å². The van der Waals surface area contributed by atoms with E-state index in [1.54, 1.807) is 0 Å². The second-order valence-electron chi connectivity index (χ2n) is 6.42. The minimum Gasteiger partial charge on any atom is -0.487 e. The van der Waals surface area contributed by atoms with Gasteiger partial charge in [0.2, 0.25) is 0 Å². The first-order chi connectivity index (χ1) is 9.45. The van der Waals surface area contributed by atoms with Crippen molar-refractivity contribution >= 4 is 11.5 Å². The van der Waals surface area contributed by atoms with Crippen LogP contribution in [0, 0.1) is 10.8 Å². The Hall–Kier alpha value is -1.71. The van der Waals surface area contributed by atoms with E-state index in [4.69, 9.17) is 4.74 Å². The summed E-state index contributed by atoms with van der Waals surface area (Å²) in [4.78, 5) is 22.8. The Morgan fingerprint density at radius 2 is 2.20 bits per heavy atom. The summed E-state index contributed by atoms with van der Waals surface area (Å²) in [5.41, 5.74) is 2.15. The number of Topliss-reactive ketones (excluding diaryl/α,β-unsaturated/α-hetero) is 1. The molecule has 0 amide bonds. The zero-order valence-corrected chi connectivity index (χ0v) is 12.1. The molecule has 0 N–H and O–H groups in total. The van der Waals surface area contributed by atoms with Gasteiger partial charge in [-0.3, -0.25) is 4.79 Å². The van der Waals surface area contributed by atoms with Gasteiger partial charge >= 0.3 is 0 Å². The molecule has 2 unspecified atom stereocenters. The Labute approximate surface area is 118 Å². The molecule has 0 bridgehead atoms. The molecule has 4 heteroatoms. The molecule has 3 rings (SSSR count). The zero-order chi connectivity index (χ0) is 14.5. The summed E-state index contributed by atoms with van der Waals surface area (Å²) in [5, 5.41) is 3.16. The molecule has 0 spiro atoms. The molecule has 0 aromatic heterocycles. The van der Waals surface area contributed by atoms with E-state index < -0.39 is 0 Å². The second kappa shape index (κ2) is 4.40. The summed E-state index contributed by atoms with van der Waals surface area (Å²) in [6, 6.07) is 3.76. The first-order valence-electron chi connectivity index (χ1n) is 7.17. The highest BCUT2D eigenvalue weighted by Gasteiger charge is 2.45. The SMILES string of the molecule is CCC(=O)C1CC1c1cc2c(cc1N=O)CC(C)(C)O2. The van der Waals surface area contributed by atoms with Crippen LogP contribution in [-0.2, 0) is 11.2 Å². The van der Waals surface area contributed by atoms with Crippen molar-refractivity contribution in [3.63, 3.8) is 0 Å². The monoisotopic (exact) mass is 273 g/mol. The molecule has 1 aliphatic heterocycles. The molecule has 1 heterocycles. The van der Waals surface area contributed by atoms with Crippen molar-refractivity contribution < 1.29 is 9.53 Å². The molecule has 2 aliphatic rings. The first-order valence-corrected chi connectivity index (χ1v) is 7.17. The Balaban J connectivity index is 1.94. The van der Waals surface area contributed by atoms with Gasteiger partial charge in [0.05, 0.1) is 0 Å². The molecule has 1 saturated carbocycles. The lowest BCUT2D eigenvalue weighted by atomic mass is 9.98. The molecule has 1 fully saturated rings. The molecule has 0 radical (unpaired) electrons. The zero-order valence-electron chi connectivity index (χ0n) is 12.1. The fraction of sp³-hybridized carbons (Fsp3) is 0.562. The van der Waals surface area contributed by atoms with Gasteiger partial charge in [-0.1, -0.05) is 6.92 Å². The van der Waals surface area contributed by atoms with Crippen LogP contribution in [-0.4, -0.2) is 11.4 Å². The number of carbonyl (C=O) groups is 1. The minimum absolute atomic E-state index is 0.0629. The molecular formula is C16H19NO3. The molecular weight excluding hydrogens is 254 g/mol. The van der Waals surface area contributed by atoms with E-state index in [0.717, 1.165) is 29.7 Å². The van der Waals surface area contributed by atoms with E-state index in [-0.39, 0.29) is 23.2 Å². The maximum absolute atomic E-state index is 11.8. The summed E-state index contributed by atoms with van der Waals surface area (Å²) >= 11 is 0. The van der Waals surface area contributed by atoms with Crippen LogP contribution in [0.2, 0.25) is 0 Å². The number of benzene rings is 1. The second-order valence-corrected chi connectivity index (χ2v) is 6.42. The van der Waals surface area contributed by atoms with Crippen LogP contribution in [0.5, 0.6) is 5.75 Å². The van der Waals surface area contributed by atoms with Gasteiger partial charge in [-0.25, -0.2) is 0 Å². The van der Waals surface area contributed by atoms with Gasteiger partial charge in [0.1, 0.15) is 22.8 Å². The highest BCUT2D eigenvalue weighted by Crippen LogP contribution is 2.53. The number of hydrogen-bond donors (Lipinski definition) is 0. The van der Waals surface area contributed by atoms with Crippen LogP contribution < -0.4 is 4.74 Å². The van der Waals surface area contributed by atoms with Crippen molar-refractivity contribution in [2.24, 2.45) is 11.1 Å². The van der Waals surface area contributed by atoms with Crippen molar-refractivity contribution in [3.8, 4) is 5.75 Å². The van der Waals surface area contributed by atoms with Crippen LogP contribution in [0.15, 0.2) is 17.3 Å². The normalized spacial score (nSPS) is 25.8. The van der Waals surface area contributed by atoms with Crippen LogP contribution >= 0.6 is 0 Å². The maximum Gasteiger partial charge on any atom is 0.136 e. The molecule has 20 heavy (non-hydrogen) atoms. The number of nitroso groups, excluding NO2 is 1. The van der Waals surface area contributed by atoms with Crippen LogP contribution in [0.4, 0.5) is 5.69 Å².